The Kier molecular flexibility index (Phi) is 8.45. The summed E-state index contributed by atoms with van der Waals surface area (Å²) in [5.74, 6) is -0.457. The fourth-order valence-corrected chi connectivity index (χ4v) is 7.46. The Labute approximate surface area is 262 Å². The number of thiazole rings is 1. The van der Waals surface area contributed by atoms with Gasteiger partial charge in [0.05, 0.1) is 22.4 Å². The van der Waals surface area contributed by atoms with E-state index in [0.29, 0.717) is 33.7 Å². The van der Waals surface area contributed by atoms with Gasteiger partial charge in [-0.1, -0.05) is 65.9 Å². The zero-order valence-corrected chi connectivity index (χ0v) is 26.4. The van der Waals surface area contributed by atoms with E-state index in [1.807, 2.05) is 108 Å². The first-order valence-corrected chi connectivity index (χ1v) is 16.3. The number of likely N-dealkylation sites (N-methyl/N-ethyl adjacent to an activating group) is 1. The van der Waals surface area contributed by atoms with E-state index in [1.165, 1.54) is 22.7 Å². The predicted octanol–water partition coefficient (Wildman–Crippen LogP) is 4.82. The second-order valence-electron chi connectivity index (χ2n) is 10.2. The lowest BCUT2D eigenvalue weighted by Gasteiger charge is -2.24. The topological polar surface area (TPSA) is 85.9 Å². The van der Waals surface area contributed by atoms with Crippen LogP contribution in [0.15, 0.2) is 93.7 Å². The molecular weight excluding hydrogens is 593 g/mol. The number of esters is 1. The van der Waals surface area contributed by atoms with Crippen molar-refractivity contribution in [2.24, 2.45) is 4.99 Å². The van der Waals surface area contributed by atoms with Gasteiger partial charge in [0.15, 0.2) is 4.80 Å². The molecule has 1 amide bonds. The molecule has 0 fully saturated rings. The van der Waals surface area contributed by atoms with Gasteiger partial charge in [0.25, 0.3) is 5.56 Å². The first-order valence-electron chi connectivity index (χ1n) is 14.6. The fraction of sp³-hybridized carbons (Fsp3) is 0.235. The maximum absolute atomic E-state index is 14.2. The number of benzene rings is 2. The third-order valence-electron chi connectivity index (χ3n) is 7.71. The van der Waals surface area contributed by atoms with Gasteiger partial charge in [-0.15, -0.1) is 11.3 Å². The number of ether oxygens (including phenoxy) is 1. The van der Waals surface area contributed by atoms with Gasteiger partial charge in [-0.25, -0.2) is 9.79 Å². The number of para-hydroxylation sites is 1. The number of aromatic nitrogens is 2. The third kappa shape index (κ3) is 5.35. The quantitative estimate of drug-likeness (QED) is 0.220. The van der Waals surface area contributed by atoms with Crippen LogP contribution in [0.4, 0.5) is 0 Å². The number of carbonyl (C=O) groups excluding carboxylic acids is 2. The Morgan fingerprint density at radius 3 is 2.45 bits per heavy atom. The molecule has 5 aromatic rings. The molecule has 0 saturated carbocycles. The summed E-state index contributed by atoms with van der Waals surface area (Å²) in [5.41, 5.74) is 3.12. The Bertz CT molecular complexity index is 2050. The number of thiophene rings is 1. The van der Waals surface area contributed by atoms with E-state index in [9.17, 15) is 14.4 Å². The van der Waals surface area contributed by atoms with Crippen molar-refractivity contribution in [1.82, 2.24) is 14.0 Å². The largest absolute Gasteiger partial charge is 0.463 e. The number of nitrogens with zero attached hydrogens (tertiary/aromatic N) is 4. The highest BCUT2D eigenvalue weighted by molar-refractivity contribution is 7.10. The van der Waals surface area contributed by atoms with Crippen LogP contribution in [-0.2, 0) is 20.9 Å². The number of hydrogen-bond donors (Lipinski definition) is 0. The summed E-state index contributed by atoms with van der Waals surface area (Å²) < 4.78 is 9.57. The van der Waals surface area contributed by atoms with Crippen LogP contribution in [-0.4, -0.2) is 45.6 Å². The van der Waals surface area contributed by atoms with Crippen LogP contribution in [0.2, 0.25) is 0 Å². The van der Waals surface area contributed by atoms with Crippen molar-refractivity contribution in [2.45, 2.75) is 33.4 Å². The SMILES string of the molecule is CCOC(=O)C1=C(c2ccccc2)N=c2s/c(=C\c3cn(CC(=O)N(CC)CC)c4ccccc34)c(=O)n2[C@H]1c1cccs1. The molecule has 6 rings (SSSR count). The minimum absolute atomic E-state index is 0.0394. The van der Waals surface area contributed by atoms with E-state index in [1.54, 1.807) is 11.5 Å². The molecule has 0 saturated heterocycles. The molecule has 2 aromatic carbocycles. The highest BCUT2D eigenvalue weighted by atomic mass is 32.1. The third-order valence-corrected chi connectivity index (χ3v) is 9.62. The zero-order chi connectivity index (χ0) is 30.8. The van der Waals surface area contributed by atoms with Crippen molar-refractivity contribution < 1.29 is 14.3 Å². The van der Waals surface area contributed by atoms with E-state index < -0.39 is 12.0 Å². The van der Waals surface area contributed by atoms with E-state index >= 15 is 0 Å². The number of rotatable bonds is 9. The first kappa shape index (κ1) is 29.5. The molecule has 1 atom stereocenters. The second-order valence-corrected chi connectivity index (χ2v) is 12.2. The molecule has 224 valence electrons. The van der Waals surface area contributed by atoms with Crippen LogP contribution in [0.1, 0.15) is 42.8 Å². The molecule has 0 unspecified atom stereocenters. The van der Waals surface area contributed by atoms with E-state index in [0.717, 1.165) is 26.9 Å². The summed E-state index contributed by atoms with van der Waals surface area (Å²) in [6, 6.07) is 20.6. The summed E-state index contributed by atoms with van der Waals surface area (Å²) >= 11 is 2.77. The average Bonchev–Trinajstić information content (AvgIpc) is 3.77. The number of hydrogen-bond acceptors (Lipinski definition) is 7. The van der Waals surface area contributed by atoms with Crippen molar-refractivity contribution in [3.05, 3.63) is 120 Å². The minimum Gasteiger partial charge on any atom is -0.463 e. The lowest BCUT2D eigenvalue weighted by atomic mass is 9.97. The smallest absolute Gasteiger partial charge is 0.338 e. The summed E-state index contributed by atoms with van der Waals surface area (Å²) in [6.07, 6.45) is 3.80. The lowest BCUT2D eigenvalue weighted by Crippen LogP contribution is -2.39. The monoisotopic (exact) mass is 624 g/mol. The van der Waals surface area contributed by atoms with Crippen LogP contribution < -0.4 is 14.9 Å². The second kappa shape index (κ2) is 12.6. The van der Waals surface area contributed by atoms with Crippen molar-refractivity contribution in [1.29, 1.82) is 0 Å². The molecule has 0 radical (unpaired) electrons. The Morgan fingerprint density at radius 2 is 1.75 bits per heavy atom. The Hall–Kier alpha value is -4.54. The average molecular weight is 625 g/mol. The fourth-order valence-electron chi connectivity index (χ4n) is 5.64. The number of fused-ring (bicyclic) bond motifs is 2. The van der Waals surface area contributed by atoms with E-state index in [2.05, 4.69) is 0 Å². The minimum atomic E-state index is -0.685. The van der Waals surface area contributed by atoms with Crippen LogP contribution in [0.3, 0.4) is 0 Å². The van der Waals surface area contributed by atoms with Gasteiger partial charge in [-0.05, 0) is 44.4 Å². The molecule has 4 heterocycles. The van der Waals surface area contributed by atoms with Crippen molar-refractivity contribution in [3.63, 3.8) is 0 Å². The Balaban J connectivity index is 1.55. The number of amides is 1. The van der Waals surface area contributed by atoms with Gasteiger partial charge in [0.1, 0.15) is 12.6 Å². The molecule has 10 heteroatoms. The van der Waals surface area contributed by atoms with Gasteiger partial charge in [-0.2, -0.15) is 0 Å². The van der Waals surface area contributed by atoms with Crippen molar-refractivity contribution >= 4 is 57.2 Å². The summed E-state index contributed by atoms with van der Waals surface area (Å²) in [4.78, 5) is 48.8. The normalized spacial score (nSPS) is 14.9. The van der Waals surface area contributed by atoms with Gasteiger partial charge in [0, 0.05) is 46.2 Å². The van der Waals surface area contributed by atoms with Crippen LogP contribution in [0.25, 0.3) is 22.7 Å². The molecule has 44 heavy (non-hydrogen) atoms. The van der Waals surface area contributed by atoms with Crippen molar-refractivity contribution in [3.8, 4) is 0 Å². The maximum Gasteiger partial charge on any atom is 0.338 e. The van der Waals surface area contributed by atoms with Crippen molar-refractivity contribution in [2.75, 3.05) is 19.7 Å². The highest BCUT2D eigenvalue weighted by Gasteiger charge is 2.35. The number of carbonyl (C=O) groups is 2. The van der Waals surface area contributed by atoms with Gasteiger partial charge < -0.3 is 14.2 Å². The van der Waals surface area contributed by atoms with Gasteiger partial charge >= 0.3 is 5.97 Å². The maximum atomic E-state index is 14.2. The zero-order valence-electron chi connectivity index (χ0n) is 24.7. The molecular formula is C34H32N4O4S2. The molecule has 8 nitrogen and oxygen atoms in total. The van der Waals surface area contributed by atoms with E-state index in [-0.39, 0.29) is 24.6 Å². The molecule has 1 aliphatic rings. The van der Waals surface area contributed by atoms with Crippen LogP contribution in [0, 0.1) is 0 Å². The molecule has 0 N–H and O–H groups in total. The van der Waals surface area contributed by atoms with Gasteiger partial charge in [0.2, 0.25) is 5.91 Å². The highest BCUT2D eigenvalue weighted by Crippen LogP contribution is 2.36. The molecule has 0 aliphatic carbocycles. The Morgan fingerprint density at radius 1 is 1.00 bits per heavy atom. The molecule has 0 bridgehead atoms. The van der Waals surface area contributed by atoms with Crippen LogP contribution in [0.5, 0.6) is 0 Å². The first-order chi connectivity index (χ1) is 21.4. The van der Waals surface area contributed by atoms with E-state index in [4.69, 9.17) is 9.73 Å². The summed E-state index contributed by atoms with van der Waals surface area (Å²) in [7, 11) is 0. The summed E-state index contributed by atoms with van der Waals surface area (Å²) in [5, 5.41) is 2.88. The standard InChI is InChI=1S/C34H32N4O4S2/c1-4-36(5-2)28(39)21-37-20-23(24-15-10-11-16-25(24)37)19-27-32(40)38-31(26-17-12-18-43-26)29(33(41)42-6-3)30(35-34(38)44-27)22-13-8-7-9-14-22/h7-20,31H,4-6,21H2,1-3H3/b27-19-/t31-/m0/s1. The molecule has 1 aliphatic heterocycles. The van der Waals surface area contributed by atoms with Crippen LogP contribution >= 0.6 is 22.7 Å². The lowest BCUT2D eigenvalue weighted by molar-refractivity contribution is -0.139. The summed E-state index contributed by atoms with van der Waals surface area (Å²) in [6.45, 7) is 7.41. The predicted molar refractivity (Wildman–Crippen MR) is 175 cm³/mol. The molecule has 3 aromatic heterocycles. The molecule has 0 spiro atoms. The van der Waals surface area contributed by atoms with Gasteiger partial charge in [-0.3, -0.25) is 14.2 Å².